The van der Waals surface area contributed by atoms with Crippen molar-refractivity contribution in [3.63, 3.8) is 0 Å². The fourth-order valence-electron chi connectivity index (χ4n) is 5.29. The summed E-state index contributed by atoms with van der Waals surface area (Å²) in [7, 11) is 3.85. The first-order valence-electron chi connectivity index (χ1n) is 11.6. The Morgan fingerprint density at radius 3 is 2.62 bits per heavy atom. The first kappa shape index (κ1) is 21.3. The second-order valence-corrected chi connectivity index (χ2v) is 9.30. The second kappa shape index (κ2) is 8.75. The number of anilines is 1. The third-order valence-corrected chi connectivity index (χ3v) is 7.26. The molecule has 6 nitrogen and oxygen atoms in total. The number of piperidine rings is 1. The van der Waals surface area contributed by atoms with Crippen molar-refractivity contribution in [2.75, 3.05) is 45.3 Å². The van der Waals surface area contributed by atoms with Gasteiger partial charge in [0.25, 0.3) is 5.91 Å². The van der Waals surface area contributed by atoms with Gasteiger partial charge in [0, 0.05) is 24.6 Å². The zero-order valence-electron chi connectivity index (χ0n) is 19.0. The minimum atomic E-state index is -0.333. The average Bonchev–Trinajstić information content (AvgIpc) is 3.47. The van der Waals surface area contributed by atoms with Crippen LogP contribution in [0.5, 0.6) is 11.5 Å². The van der Waals surface area contributed by atoms with E-state index in [0.29, 0.717) is 25.5 Å². The number of rotatable bonds is 5. The van der Waals surface area contributed by atoms with Crippen molar-refractivity contribution < 1.29 is 19.0 Å². The van der Waals surface area contributed by atoms with Crippen LogP contribution in [0.2, 0.25) is 0 Å². The van der Waals surface area contributed by atoms with Crippen molar-refractivity contribution in [3.8, 4) is 11.5 Å². The number of ether oxygens (including phenoxy) is 3. The molecular weight excluding hydrogens is 404 g/mol. The lowest BCUT2D eigenvalue weighted by Gasteiger charge is -2.38. The number of likely N-dealkylation sites (tertiary alicyclic amines) is 1. The number of methoxy groups -OCH3 is 1. The molecule has 2 saturated heterocycles. The van der Waals surface area contributed by atoms with Gasteiger partial charge in [0.2, 0.25) is 0 Å². The van der Waals surface area contributed by atoms with E-state index in [1.807, 2.05) is 41.3 Å². The van der Waals surface area contributed by atoms with Crippen LogP contribution in [0.25, 0.3) is 0 Å². The number of benzene rings is 2. The number of carbonyl (C=O) groups excluding carboxylic acids is 1. The molecule has 3 aliphatic heterocycles. The second-order valence-electron chi connectivity index (χ2n) is 9.30. The zero-order chi connectivity index (χ0) is 22.1. The Morgan fingerprint density at radius 1 is 1.16 bits per heavy atom. The van der Waals surface area contributed by atoms with Crippen molar-refractivity contribution >= 4 is 11.6 Å². The zero-order valence-corrected chi connectivity index (χ0v) is 19.0. The van der Waals surface area contributed by atoms with Crippen LogP contribution in [-0.4, -0.2) is 57.3 Å². The molecule has 1 atom stereocenters. The highest BCUT2D eigenvalue weighted by Gasteiger charge is 2.48. The normalized spacial score (nSPS) is 22.2. The molecule has 170 valence electrons. The lowest BCUT2D eigenvalue weighted by atomic mass is 9.74. The number of hydrogen-bond donors (Lipinski definition) is 0. The Labute approximate surface area is 190 Å². The summed E-state index contributed by atoms with van der Waals surface area (Å²) < 4.78 is 17.7. The maximum atomic E-state index is 13.5. The fraction of sp³-hybridized carbons (Fsp3) is 0.500. The quantitative estimate of drug-likeness (QED) is 0.714. The Kier molecular flexibility index (Phi) is 5.82. The van der Waals surface area contributed by atoms with Gasteiger partial charge in [-0.3, -0.25) is 4.79 Å². The van der Waals surface area contributed by atoms with Crippen molar-refractivity contribution in [1.29, 1.82) is 0 Å². The molecule has 1 spiro atoms. The van der Waals surface area contributed by atoms with E-state index in [2.05, 4.69) is 18.0 Å². The highest BCUT2D eigenvalue weighted by atomic mass is 16.5. The standard InChI is InChI=1S/C26H32N2O4/c1-27-12-10-26(11-13-27)18-28(25(29)22-9-6-14-31-22)21-16-24(23(30-2)15-20(21)26)32-17-19-7-4-3-5-8-19/h3-5,7-8,15-16,22H,6,9-14,17-18H2,1-2H3/t22-/m0/s1. The van der Waals surface area contributed by atoms with Gasteiger partial charge in [-0.05, 0) is 63.0 Å². The van der Waals surface area contributed by atoms with Gasteiger partial charge in [-0.2, -0.15) is 0 Å². The molecule has 0 N–H and O–H groups in total. The maximum Gasteiger partial charge on any atom is 0.256 e. The third kappa shape index (κ3) is 3.86. The SMILES string of the molecule is COc1cc2c(cc1OCc1ccccc1)N(C(=O)[C@@H]1CCCO1)CC21CCN(C)CC1. The number of fused-ring (bicyclic) bond motifs is 2. The van der Waals surface area contributed by atoms with Crippen LogP contribution in [0, 0.1) is 0 Å². The molecule has 0 saturated carbocycles. The molecular formula is C26H32N2O4. The Hall–Kier alpha value is -2.57. The molecule has 32 heavy (non-hydrogen) atoms. The van der Waals surface area contributed by atoms with Crippen molar-refractivity contribution in [3.05, 3.63) is 53.6 Å². The summed E-state index contributed by atoms with van der Waals surface area (Å²) in [6, 6.07) is 14.2. The molecule has 3 heterocycles. The number of amides is 1. The molecule has 3 aliphatic rings. The summed E-state index contributed by atoms with van der Waals surface area (Å²) >= 11 is 0. The maximum absolute atomic E-state index is 13.5. The smallest absolute Gasteiger partial charge is 0.256 e. The molecule has 0 aliphatic carbocycles. The summed E-state index contributed by atoms with van der Waals surface area (Å²) in [4.78, 5) is 17.8. The Bertz CT molecular complexity index is 963. The minimum Gasteiger partial charge on any atom is -0.493 e. The topological polar surface area (TPSA) is 51.2 Å². The summed E-state index contributed by atoms with van der Waals surface area (Å²) in [6.45, 7) is 3.87. The van der Waals surface area contributed by atoms with Gasteiger partial charge in [-0.15, -0.1) is 0 Å². The van der Waals surface area contributed by atoms with E-state index in [1.54, 1.807) is 7.11 Å². The van der Waals surface area contributed by atoms with Crippen LogP contribution in [0.4, 0.5) is 5.69 Å². The van der Waals surface area contributed by atoms with Crippen molar-refractivity contribution in [2.24, 2.45) is 0 Å². The number of nitrogens with zero attached hydrogens (tertiary/aromatic N) is 2. The summed E-state index contributed by atoms with van der Waals surface area (Å²) in [5.41, 5.74) is 3.22. The number of hydrogen-bond acceptors (Lipinski definition) is 5. The Balaban J connectivity index is 1.50. The summed E-state index contributed by atoms with van der Waals surface area (Å²) in [6.07, 6.45) is 3.47. The van der Waals surface area contributed by atoms with Crippen LogP contribution in [-0.2, 0) is 21.6 Å². The molecule has 6 heteroatoms. The van der Waals surface area contributed by atoms with Gasteiger partial charge in [0.1, 0.15) is 12.7 Å². The Morgan fingerprint density at radius 2 is 1.94 bits per heavy atom. The van der Waals surface area contributed by atoms with Gasteiger partial charge in [0.15, 0.2) is 11.5 Å². The molecule has 2 fully saturated rings. The molecule has 2 aromatic carbocycles. The van der Waals surface area contributed by atoms with Gasteiger partial charge in [-0.25, -0.2) is 0 Å². The summed E-state index contributed by atoms with van der Waals surface area (Å²) in [5, 5.41) is 0. The van der Waals surface area contributed by atoms with E-state index in [0.717, 1.165) is 55.8 Å². The lowest BCUT2D eigenvalue weighted by molar-refractivity contribution is -0.127. The van der Waals surface area contributed by atoms with Crippen molar-refractivity contribution in [2.45, 2.75) is 43.8 Å². The van der Waals surface area contributed by atoms with Gasteiger partial charge in [-0.1, -0.05) is 30.3 Å². The predicted octanol–water partition coefficient (Wildman–Crippen LogP) is 3.76. The highest BCUT2D eigenvalue weighted by Crippen LogP contribution is 2.51. The van der Waals surface area contributed by atoms with Crippen LogP contribution in [0.1, 0.15) is 36.8 Å². The fourth-order valence-corrected chi connectivity index (χ4v) is 5.29. The number of carbonyl (C=O) groups is 1. The van der Waals surface area contributed by atoms with Crippen LogP contribution in [0.15, 0.2) is 42.5 Å². The molecule has 0 aromatic heterocycles. The van der Waals surface area contributed by atoms with E-state index in [-0.39, 0.29) is 17.4 Å². The van der Waals surface area contributed by atoms with Gasteiger partial charge in [0.05, 0.1) is 12.8 Å². The van der Waals surface area contributed by atoms with E-state index in [9.17, 15) is 4.79 Å². The minimum absolute atomic E-state index is 0.0403. The molecule has 0 unspecified atom stereocenters. The van der Waals surface area contributed by atoms with Crippen LogP contribution in [0.3, 0.4) is 0 Å². The predicted molar refractivity (Wildman–Crippen MR) is 124 cm³/mol. The van der Waals surface area contributed by atoms with Gasteiger partial charge >= 0.3 is 0 Å². The molecule has 5 rings (SSSR count). The van der Waals surface area contributed by atoms with E-state index in [1.165, 1.54) is 5.56 Å². The first-order chi connectivity index (χ1) is 15.6. The largest absolute Gasteiger partial charge is 0.493 e. The third-order valence-electron chi connectivity index (χ3n) is 7.26. The van der Waals surface area contributed by atoms with E-state index < -0.39 is 0 Å². The average molecular weight is 437 g/mol. The molecule has 0 bridgehead atoms. The van der Waals surface area contributed by atoms with Gasteiger partial charge < -0.3 is 24.0 Å². The van der Waals surface area contributed by atoms with Crippen LogP contribution >= 0.6 is 0 Å². The molecule has 2 aromatic rings. The highest BCUT2D eigenvalue weighted by molar-refractivity contribution is 5.99. The first-order valence-corrected chi connectivity index (χ1v) is 11.6. The van der Waals surface area contributed by atoms with Crippen molar-refractivity contribution in [1.82, 2.24) is 4.90 Å². The van der Waals surface area contributed by atoms with Crippen LogP contribution < -0.4 is 14.4 Å². The molecule has 1 amide bonds. The monoisotopic (exact) mass is 436 g/mol. The summed E-state index contributed by atoms with van der Waals surface area (Å²) in [5.74, 6) is 1.48. The molecule has 0 radical (unpaired) electrons. The van der Waals surface area contributed by atoms with E-state index in [4.69, 9.17) is 14.2 Å². The van der Waals surface area contributed by atoms with E-state index >= 15 is 0 Å². The lowest BCUT2D eigenvalue weighted by Crippen LogP contribution is -2.46.